The van der Waals surface area contributed by atoms with Crippen LogP contribution in [0.5, 0.6) is 0 Å². The minimum Gasteiger partial charge on any atom is -0.388 e. The highest BCUT2D eigenvalue weighted by atomic mass is 79.9. The minimum absolute atomic E-state index is 0.451. The van der Waals surface area contributed by atoms with E-state index in [0.717, 1.165) is 28.6 Å². The Morgan fingerprint density at radius 1 is 1.25 bits per heavy atom. The molecule has 0 fully saturated rings. The Hall–Kier alpha value is -1.13. The van der Waals surface area contributed by atoms with Gasteiger partial charge in [0, 0.05) is 17.1 Å². The SMILES string of the molecule is CCC(CC)n1ccc(CC(O)c2cccc(Br)c2)n1. The molecular weight excluding hydrogens is 316 g/mol. The maximum atomic E-state index is 10.3. The molecule has 0 aliphatic heterocycles. The van der Waals surface area contributed by atoms with Crippen molar-refractivity contribution in [1.82, 2.24) is 9.78 Å². The molecule has 0 aliphatic rings. The number of aliphatic hydroxyl groups is 1. The second-order valence-electron chi connectivity index (χ2n) is 5.03. The van der Waals surface area contributed by atoms with Crippen LogP contribution in [0.1, 0.15) is 50.1 Å². The van der Waals surface area contributed by atoms with Crippen molar-refractivity contribution in [2.45, 2.75) is 45.3 Å². The standard InChI is InChI=1S/C16H21BrN2O/c1-3-15(4-2)19-9-8-14(18-19)11-16(20)12-6-5-7-13(17)10-12/h5-10,15-16,20H,3-4,11H2,1-2H3. The predicted octanol–water partition coefficient (Wildman–Crippen LogP) is 4.28. The number of aromatic nitrogens is 2. The van der Waals surface area contributed by atoms with Gasteiger partial charge in [0.25, 0.3) is 0 Å². The van der Waals surface area contributed by atoms with E-state index in [2.05, 4.69) is 34.9 Å². The van der Waals surface area contributed by atoms with Gasteiger partial charge in [0.15, 0.2) is 0 Å². The first-order chi connectivity index (χ1) is 9.63. The molecule has 0 aliphatic carbocycles. The summed E-state index contributed by atoms with van der Waals surface area (Å²) in [6, 6.07) is 10.2. The predicted molar refractivity (Wildman–Crippen MR) is 84.7 cm³/mol. The van der Waals surface area contributed by atoms with Gasteiger partial charge >= 0.3 is 0 Å². The van der Waals surface area contributed by atoms with Gasteiger partial charge in [-0.3, -0.25) is 4.68 Å². The van der Waals surface area contributed by atoms with E-state index in [1.807, 2.05) is 41.2 Å². The number of rotatable bonds is 6. The van der Waals surface area contributed by atoms with E-state index in [1.54, 1.807) is 0 Å². The second kappa shape index (κ2) is 7.04. The Labute approximate surface area is 128 Å². The lowest BCUT2D eigenvalue weighted by molar-refractivity contribution is 0.176. The number of hydrogen-bond acceptors (Lipinski definition) is 2. The lowest BCUT2D eigenvalue weighted by Crippen LogP contribution is -2.09. The van der Waals surface area contributed by atoms with Crippen LogP contribution in [-0.2, 0) is 6.42 Å². The summed E-state index contributed by atoms with van der Waals surface area (Å²) in [4.78, 5) is 0. The maximum Gasteiger partial charge on any atom is 0.0846 e. The molecule has 108 valence electrons. The molecule has 1 aromatic carbocycles. The summed E-state index contributed by atoms with van der Waals surface area (Å²) in [6.07, 6.45) is 4.19. The summed E-state index contributed by atoms with van der Waals surface area (Å²) in [5.74, 6) is 0. The molecule has 2 rings (SSSR count). The van der Waals surface area contributed by atoms with Crippen LogP contribution in [0.15, 0.2) is 41.0 Å². The largest absolute Gasteiger partial charge is 0.388 e. The number of hydrogen-bond donors (Lipinski definition) is 1. The average Bonchev–Trinajstić information content (AvgIpc) is 2.88. The third-order valence-corrected chi connectivity index (χ3v) is 4.11. The van der Waals surface area contributed by atoms with Crippen molar-refractivity contribution in [2.75, 3.05) is 0 Å². The highest BCUT2D eigenvalue weighted by Crippen LogP contribution is 2.22. The van der Waals surface area contributed by atoms with E-state index in [0.29, 0.717) is 12.5 Å². The van der Waals surface area contributed by atoms with Gasteiger partial charge in [-0.05, 0) is 36.6 Å². The van der Waals surface area contributed by atoms with Gasteiger partial charge in [0.1, 0.15) is 0 Å². The zero-order valence-corrected chi connectivity index (χ0v) is 13.5. The molecule has 1 atom stereocenters. The summed E-state index contributed by atoms with van der Waals surface area (Å²) in [7, 11) is 0. The molecule has 0 radical (unpaired) electrons. The Balaban J connectivity index is 2.06. The first-order valence-corrected chi connectivity index (χ1v) is 7.90. The second-order valence-corrected chi connectivity index (χ2v) is 5.95. The number of halogens is 1. The summed E-state index contributed by atoms with van der Waals surface area (Å²) in [6.45, 7) is 4.34. The Morgan fingerprint density at radius 3 is 2.65 bits per heavy atom. The highest BCUT2D eigenvalue weighted by Gasteiger charge is 2.13. The summed E-state index contributed by atoms with van der Waals surface area (Å²) in [5.41, 5.74) is 1.85. The topological polar surface area (TPSA) is 38.0 Å². The zero-order valence-electron chi connectivity index (χ0n) is 12.0. The van der Waals surface area contributed by atoms with Crippen LogP contribution in [0, 0.1) is 0 Å². The molecule has 20 heavy (non-hydrogen) atoms. The number of aliphatic hydroxyl groups excluding tert-OH is 1. The van der Waals surface area contributed by atoms with Crippen molar-refractivity contribution in [3.05, 3.63) is 52.3 Å². The van der Waals surface area contributed by atoms with E-state index < -0.39 is 6.10 Å². The van der Waals surface area contributed by atoms with E-state index in [-0.39, 0.29) is 0 Å². The van der Waals surface area contributed by atoms with Crippen molar-refractivity contribution >= 4 is 15.9 Å². The quantitative estimate of drug-likeness (QED) is 0.854. The van der Waals surface area contributed by atoms with Crippen molar-refractivity contribution < 1.29 is 5.11 Å². The van der Waals surface area contributed by atoms with Gasteiger partial charge < -0.3 is 5.11 Å². The smallest absolute Gasteiger partial charge is 0.0846 e. The molecule has 1 N–H and O–H groups in total. The Kier molecular flexibility index (Phi) is 5.38. The number of benzene rings is 1. The summed E-state index contributed by atoms with van der Waals surface area (Å²) in [5, 5.41) is 14.9. The van der Waals surface area contributed by atoms with Crippen molar-refractivity contribution in [3.63, 3.8) is 0 Å². The van der Waals surface area contributed by atoms with Crippen LogP contribution in [0.3, 0.4) is 0 Å². The lowest BCUT2D eigenvalue weighted by Gasteiger charge is -2.13. The molecule has 0 saturated carbocycles. The monoisotopic (exact) mass is 336 g/mol. The van der Waals surface area contributed by atoms with Gasteiger partial charge in [0.2, 0.25) is 0 Å². The molecule has 0 bridgehead atoms. The minimum atomic E-state index is -0.516. The van der Waals surface area contributed by atoms with Crippen molar-refractivity contribution in [2.24, 2.45) is 0 Å². The van der Waals surface area contributed by atoms with Crippen LogP contribution in [0.25, 0.3) is 0 Å². The van der Waals surface area contributed by atoms with Gasteiger partial charge in [-0.1, -0.05) is 41.9 Å². The molecule has 0 saturated heterocycles. The zero-order chi connectivity index (χ0) is 14.5. The molecule has 4 heteroatoms. The fourth-order valence-electron chi connectivity index (χ4n) is 2.38. The Morgan fingerprint density at radius 2 is 2.00 bits per heavy atom. The average molecular weight is 337 g/mol. The van der Waals surface area contributed by atoms with Crippen molar-refractivity contribution in [3.8, 4) is 0 Å². The van der Waals surface area contributed by atoms with Crippen LogP contribution in [0.4, 0.5) is 0 Å². The van der Waals surface area contributed by atoms with Crippen LogP contribution >= 0.6 is 15.9 Å². The molecule has 0 spiro atoms. The highest BCUT2D eigenvalue weighted by molar-refractivity contribution is 9.10. The first-order valence-electron chi connectivity index (χ1n) is 7.11. The van der Waals surface area contributed by atoms with Crippen LogP contribution < -0.4 is 0 Å². The molecule has 2 aromatic rings. The third-order valence-electron chi connectivity index (χ3n) is 3.62. The molecule has 1 aromatic heterocycles. The van der Waals surface area contributed by atoms with E-state index in [9.17, 15) is 5.11 Å². The maximum absolute atomic E-state index is 10.3. The summed E-state index contributed by atoms with van der Waals surface area (Å²) >= 11 is 3.43. The van der Waals surface area contributed by atoms with Gasteiger partial charge in [-0.25, -0.2) is 0 Å². The molecule has 1 unspecified atom stereocenters. The van der Waals surface area contributed by atoms with Crippen LogP contribution in [-0.4, -0.2) is 14.9 Å². The fraction of sp³-hybridized carbons (Fsp3) is 0.438. The normalized spacial score (nSPS) is 12.8. The third kappa shape index (κ3) is 3.70. The number of nitrogens with zero attached hydrogens (tertiary/aromatic N) is 2. The van der Waals surface area contributed by atoms with E-state index in [4.69, 9.17) is 0 Å². The summed E-state index contributed by atoms with van der Waals surface area (Å²) < 4.78 is 3.00. The van der Waals surface area contributed by atoms with Gasteiger partial charge in [-0.15, -0.1) is 0 Å². The molecular formula is C16H21BrN2O. The molecule has 0 amide bonds. The first kappa shape index (κ1) is 15.3. The fourth-order valence-corrected chi connectivity index (χ4v) is 2.80. The van der Waals surface area contributed by atoms with E-state index >= 15 is 0 Å². The molecule has 1 heterocycles. The van der Waals surface area contributed by atoms with Crippen molar-refractivity contribution in [1.29, 1.82) is 0 Å². The Bertz CT molecular complexity index is 549. The van der Waals surface area contributed by atoms with Gasteiger partial charge in [-0.2, -0.15) is 5.10 Å². The van der Waals surface area contributed by atoms with Crippen LogP contribution in [0.2, 0.25) is 0 Å². The van der Waals surface area contributed by atoms with Gasteiger partial charge in [0.05, 0.1) is 17.8 Å². The van der Waals surface area contributed by atoms with E-state index in [1.165, 1.54) is 0 Å². The lowest BCUT2D eigenvalue weighted by atomic mass is 10.1. The molecule has 3 nitrogen and oxygen atoms in total.